The molecule has 0 atom stereocenters. The number of likely N-dealkylation sites (N-methyl/N-ethyl adjacent to an activating group) is 1. The lowest BCUT2D eigenvalue weighted by Crippen LogP contribution is -2.25. The molecular weight excluding hydrogens is 276 g/mol. The van der Waals surface area contributed by atoms with Crippen LogP contribution in [0.4, 0.5) is 5.69 Å². The Labute approximate surface area is 130 Å². The smallest absolute Gasteiger partial charge is 0.253 e. The number of amides is 1. The van der Waals surface area contributed by atoms with Crippen LogP contribution in [0, 0.1) is 0 Å². The van der Waals surface area contributed by atoms with Crippen molar-refractivity contribution in [2.24, 2.45) is 0 Å². The van der Waals surface area contributed by atoms with Gasteiger partial charge in [-0.25, -0.2) is 0 Å². The highest BCUT2D eigenvalue weighted by atomic mass is 16.1. The minimum Gasteiger partial charge on any atom is -0.373 e. The fourth-order valence-electron chi connectivity index (χ4n) is 2.00. The number of nitrogens with zero attached hydrogens (tertiary/aromatic N) is 3. The van der Waals surface area contributed by atoms with Gasteiger partial charge in [0.05, 0.1) is 17.4 Å². The van der Waals surface area contributed by atoms with Gasteiger partial charge in [-0.2, -0.15) is 0 Å². The molecule has 0 saturated heterocycles. The van der Waals surface area contributed by atoms with E-state index in [0.717, 1.165) is 18.7 Å². The molecule has 0 unspecified atom stereocenters. The SMILES string of the molecule is C=CCNC(=O)c1cncc(N(C)CCc2ccncc2)c1. The van der Waals surface area contributed by atoms with Gasteiger partial charge in [0, 0.05) is 38.7 Å². The zero-order valence-corrected chi connectivity index (χ0v) is 12.7. The van der Waals surface area contributed by atoms with Crippen LogP contribution in [-0.4, -0.2) is 36.0 Å². The lowest BCUT2D eigenvalue weighted by molar-refractivity contribution is 0.0957. The summed E-state index contributed by atoms with van der Waals surface area (Å²) in [5.74, 6) is -0.142. The fraction of sp³-hybridized carbons (Fsp3) is 0.235. The number of rotatable bonds is 7. The second kappa shape index (κ2) is 7.93. The predicted octanol–water partition coefficient (Wildman–Crippen LogP) is 2.07. The highest BCUT2D eigenvalue weighted by Gasteiger charge is 2.08. The van der Waals surface area contributed by atoms with Crippen LogP contribution in [0.3, 0.4) is 0 Å². The summed E-state index contributed by atoms with van der Waals surface area (Å²) < 4.78 is 0. The van der Waals surface area contributed by atoms with Crippen LogP contribution >= 0.6 is 0 Å². The quantitative estimate of drug-likeness (QED) is 0.795. The van der Waals surface area contributed by atoms with E-state index in [1.54, 1.807) is 30.9 Å². The van der Waals surface area contributed by atoms with Crippen molar-refractivity contribution in [3.05, 3.63) is 66.8 Å². The van der Waals surface area contributed by atoms with Crippen molar-refractivity contribution in [1.82, 2.24) is 15.3 Å². The van der Waals surface area contributed by atoms with E-state index in [4.69, 9.17) is 0 Å². The fourth-order valence-corrected chi connectivity index (χ4v) is 2.00. The Morgan fingerprint density at radius 2 is 2.09 bits per heavy atom. The van der Waals surface area contributed by atoms with Crippen LogP contribution in [-0.2, 0) is 6.42 Å². The molecule has 5 heteroatoms. The maximum Gasteiger partial charge on any atom is 0.253 e. The maximum absolute atomic E-state index is 11.9. The molecule has 2 aromatic rings. The first-order valence-corrected chi connectivity index (χ1v) is 7.15. The minimum atomic E-state index is -0.142. The highest BCUT2D eigenvalue weighted by molar-refractivity contribution is 5.94. The Balaban J connectivity index is 1.99. The molecule has 114 valence electrons. The molecule has 2 aromatic heterocycles. The van der Waals surface area contributed by atoms with E-state index >= 15 is 0 Å². The summed E-state index contributed by atoms with van der Waals surface area (Å²) in [4.78, 5) is 22.2. The molecule has 0 bridgehead atoms. The van der Waals surface area contributed by atoms with Crippen molar-refractivity contribution in [2.45, 2.75) is 6.42 Å². The average molecular weight is 296 g/mol. The Hall–Kier alpha value is -2.69. The van der Waals surface area contributed by atoms with E-state index in [2.05, 4.69) is 26.8 Å². The second-order valence-corrected chi connectivity index (χ2v) is 4.96. The van der Waals surface area contributed by atoms with Gasteiger partial charge in [0.1, 0.15) is 0 Å². The van der Waals surface area contributed by atoms with Gasteiger partial charge in [-0.1, -0.05) is 6.08 Å². The summed E-state index contributed by atoms with van der Waals surface area (Å²) in [6.45, 7) is 4.86. The second-order valence-electron chi connectivity index (χ2n) is 4.96. The Morgan fingerprint density at radius 3 is 2.82 bits per heavy atom. The first kappa shape index (κ1) is 15.7. The zero-order chi connectivity index (χ0) is 15.8. The molecule has 2 heterocycles. The van der Waals surface area contributed by atoms with Gasteiger partial charge < -0.3 is 10.2 Å². The number of hydrogen-bond acceptors (Lipinski definition) is 4. The van der Waals surface area contributed by atoms with E-state index in [-0.39, 0.29) is 5.91 Å². The number of aromatic nitrogens is 2. The molecule has 0 aliphatic carbocycles. The molecule has 5 nitrogen and oxygen atoms in total. The zero-order valence-electron chi connectivity index (χ0n) is 12.7. The lowest BCUT2D eigenvalue weighted by Gasteiger charge is -2.19. The summed E-state index contributed by atoms with van der Waals surface area (Å²) >= 11 is 0. The van der Waals surface area contributed by atoms with Crippen LogP contribution in [0.25, 0.3) is 0 Å². The molecule has 2 rings (SSSR count). The molecule has 22 heavy (non-hydrogen) atoms. The Bertz CT molecular complexity index is 628. The standard InChI is InChI=1S/C17H20N4O/c1-3-7-20-17(22)15-11-16(13-19-12-15)21(2)10-6-14-4-8-18-9-5-14/h3-5,8-9,11-13H,1,6-7,10H2,2H3,(H,20,22). The molecule has 0 saturated carbocycles. The minimum absolute atomic E-state index is 0.142. The first-order chi connectivity index (χ1) is 10.7. The van der Waals surface area contributed by atoms with Crippen molar-refractivity contribution in [3.8, 4) is 0 Å². The molecule has 1 amide bonds. The molecule has 1 N–H and O–H groups in total. The Morgan fingerprint density at radius 1 is 1.32 bits per heavy atom. The lowest BCUT2D eigenvalue weighted by atomic mass is 10.2. The summed E-state index contributed by atoms with van der Waals surface area (Å²) in [6, 6.07) is 5.86. The third kappa shape index (κ3) is 4.41. The average Bonchev–Trinajstić information content (AvgIpc) is 2.58. The molecular formula is C17H20N4O. The number of nitrogens with one attached hydrogen (secondary N) is 1. The van der Waals surface area contributed by atoms with E-state index in [0.29, 0.717) is 12.1 Å². The van der Waals surface area contributed by atoms with Crippen molar-refractivity contribution in [3.63, 3.8) is 0 Å². The molecule has 0 aromatic carbocycles. The van der Waals surface area contributed by atoms with Crippen LogP contribution in [0.1, 0.15) is 15.9 Å². The topological polar surface area (TPSA) is 58.1 Å². The van der Waals surface area contributed by atoms with Crippen molar-refractivity contribution in [2.75, 3.05) is 25.0 Å². The van der Waals surface area contributed by atoms with Gasteiger partial charge in [-0.3, -0.25) is 14.8 Å². The summed E-state index contributed by atoms with van der Waals surface area (Å²) in [7, 11) is 1.99. The molecule has 0 fully saturated rings. The van der Waals surface area contributed by atoms with Gasteiger partial charge in [-0.15, -0.1) is 6.58 Å². The maximum atomic E-state index is 11.9. The third-order valence-electron chi connectivity index (χ3n) is 3.32. The third-order valence-corrected chi connectivity index (χ3v) is 3.32. The molecule has 0 radical (unpaired) electrons. The van der Waals surface area contributed by atoms with Gasteiger partial charge in [0.25, 0.3) is 5.91 Å². The van der Waals surface area contributed by atoms with Gasteiger partial charge in [0.2, 0.25) is 0 Å². The van der Waals surface area contributed by atoms with Crippen LogP contribution in [0.5, 0.6) is 0 Å². The molecule has 0 aliphatic heterocycles. The Kier molecular flexibility index (Phi) is 5.65. The van der Waals surface area contributed by atoms with E-state index in [9.17, 15) is 4.79 Å². The number of pyridine rings is 2. The van der Waals surface area contributed by atoms with E-state index < -0.39 is 0 Å². The largest absolute Gasteiger partial charge is 0.373 e. The van der Waals surface area contributed by atoms with Crippen LogP contribution < -0.4 is 10.2 Å². The number of hydrogen-bond donors (Lipinski definition) is 1. The molecule has 0 spiro atoms. The van der Waals surface area contributed by atoms with E-state index in [1.807, 2.05) is 25.2 Å². The van der Waals surface area contributed by atoms with Gasteiger partial charge in [-0.05, 0) is 30.2 Å². The van der Waals surface area contributed by atoms with Gasteiger partial charge in [0.15, 0.2) is 0 Å². The predicted molar refractivity (Wildman–Crippen MR) is 88.0 cm³/mol. The monoisotopic (exact) mass is 296 g/mol. The first-order valence-electron chi connectivity index (χ1n) is 7.15. The number of carbonyl (C=O) groups excluding carboxylic acids is 1. The molecule has 0 aliphatic rings. The summed E-state index contributed by atoms with van der Waals surface area (Å²) in [6.07, 6.45) is 9.47. The van der Waals surface area contributed by atoms with E-state index in [1.165, 1.54) is 5.56 Å². The normalized spacial score (nSPS) is 10.0. The number of anilines is 1. The summed E-state index contributed by atoms with van der Waals surface area (Å²) in [5, 5.41) is 2.75. The highest BCUT2D eigenvalue weighted by Crippen LogP contribution is 2.13. The van der Waals surface area contributed by atoms with Crippen LogP contribution in [0.2, 0.25) is 0 Å². The summed E-state index contributed by atoms with van der Waals surface area (Å²) in [5.41, 5.74) is 2.70. The van der Waals surface area contributed by atoms with Crippen molar-refractivity contribution >= 4 is 11.6 Å². The number of carbonyl (C=O) groups is 1. The van der Waals surface area contributed by atoms with Crippen molar-refractivity contribution in [1.29, 1.82) is 0 Å². The van der Waals surface area contributed by atoms with Crippen molar-refractivity contribution < 1.29 is 4.79 Å². The van der Waals surface area contributed by atoms with Crippen LogP contribution in [0.15, 0.2) is 55.6 Å². The van der Waals surface area contributed by atoms with Gasteiger partial charge >= 0.3 is 0 Å².